The number of nitrogens with two attached hydrogens (primary N) is 1. The molecule has 6 heteroatoms. The third kappa shape index (κ3) is 2.41. The number of nitrogens with zero attached hydrogens (tertiary/aromatic N) is 1. The Morgan fingerprint density at radius 3 is 2.21 bits per heavy atom. The Hall–Kier alpha value is -1.17. The molecule has 14 heavy (non-hydrogen) atoms. The van der Waals surface area contributed by atoms with Crippen LogP contribution in [0.25, 0.3) is 0 Å². The lowest BCUT2D eigenvalue weighted by Gasteiger charge is -2.00. The van der Waals surface area contributed by atoms with E-state index in [0.717, 1.165) is 11.8 Å². The van der Waals surface area contributed by atoms with Crippen molar-refractivity contribution in [1.82, 2.24) is 0 Å². The molecule has 1 rings (SSSR count). The summed E-state index contributed by atoms with van der Waals surface area (Å²) in [5.74, 6) is -3.12. The first-order valence-electron chi connectivity index (χ1n) is 3.57. The van der Waals surface area contributed by atoms with Gasteiger partial charge in [-0.05, 0) is 6.26 Å². The predicted molar refractivity (Wildman–Crippen MR) is 51.1 cm³/mol. The maximum Gasteiger partial charge on any atom is 0.159 e. The average molecular weight is 220 g/mol. The average Bonchev–Trinajstić information content (AvgIpc) is 2.10. The maximum atomic E-state index is 13.0. The van der Waals surface area contributed by atoms with Gasteiger partial charge in [0, 0.05) is 12.1 Å². The highest BCUT2D eigenvalue weighted by Gasteiger charge is 2.10. The normalized spacial score (nSPS) is 11.9. The molecule has 0 aliphatic carbocycles. The number of halogens is 3. The molecule has 0 saturated heterocycles. The minimum absolute atomic E-state index is 0.00871. The molecule has 0 spiro atoms. The van der Waals surface area contributed by atoms with Gasteiger partial charge in [-0.1, -0.05) is 11.8 Å². The Kier molecular flexibility index (Phi) is 3.40. The minimum Gasteiger partial charge on any atom is -0.378 e. The van der Waals surface area contributed by atoms with Crippen molar-refractivity contribution in [3.8, 4) is 0 Å². The van der Waals surface area contributed by atoms with Crippen molar-refractivity contribution in [2.45, 2.75) is 0 Å². The van der Waals surface area contributed by atoms with Crippen LogP contribution in [0.4, 0.5) is 18.9 Å². The fourth-order valence-corrected chi connectivity index (χ4v) is 0.980. The van der Waals surface area contributed by atoms with Crippen LogP contribution < -0.4 is 5.73 Å². The summed E-state index contributed by atoms with van der Waals surface area (Å²) < 4.78 is 38.4. The van der Waals surface area contributed by atoms with Crippen LogP contribution >= 0.6 is 11.8 Å². The zero-order valence-electron chi connectivity index (χ0n) is 7.22. The Morgan fingerprint density at radius 1 is 1.29 bits per heavy atom. The molecule has 0 bridgehead atoms. The van der Waals surface area contributed by atoms with Gasteiger partial charge in [-0.3, -0.25) is 0 Å². The quantitative estimate of drug-likeness (QED) is 0.583. The lowest BCUT2D eigenvalue weighted by molar-refractivity contribution is 0.546. The summed E-state index contributed by atoms with van der Waals surface area (Å²) in [4.78, 5) is 3.46. The number of hydrogen-bond acceptors (Lipinski definition) is 2. The molecule has 0 heterocycles. The van der Waals surface area contributed by atoms with Crippen LogP contribution in [-0.2, 0) is 0 Å². The predicted octanol–water partition coefficient (Wildman–Crippen LogP) is 2.41. The van der Waals surface area contributed by atoms with E-state index in [2.05, 4.69) is 4.99 Å². The van der Waals surface area contributed by atoms with E-state index < -0.39 is 23.1 Å². The summed E-state index contributed by atoms with van der Waals surface area (Å²) in [6, 6.07) is 1.10. The SMILES string of the molecule is CSC(N)=Nc1c(F)cc(F)cc1F. The van der Waals surface area contributed by atoms with Crippen LogP contribution in [0.1, 0.15) is 0 Å². The third-order valence-corrected chi connectivity index (χ3v) is 1.92. The first kappa shape index (κ1) is 10.9. The van der Waals surface area contributed by atoms with Gasteiger partial charge >= 0.3 is 0 Å². The second kappa shape index (κ2) is 4.36. The van der Waals surface area contributed by atoms with E-state index in [9.17, 15) is 13.2 Å². The van der Waals surface area contributed by atoms with Gasteiger partial charge in [0.05, 0.1) is 0 Å². The minimum atomic E-state index is -1.07. The summed E-state index contributed by atoms with van der Waals surface area (Å²) in [6.07, 6.45) is 1.61. The van der Waals surface area contributed by atoms with Gasteiger partial charge in [-0.15, -0.1) is 0 Å². The molecule has 0 aromatic heterocycles. The largest absolute Gasteiger partial charge is 0.378 e. The lowest BCUT2D eigenvalue weighted by atomic mass is 10.3. The Balaban J connectivity index is 3.21. The second-order valence-electron chi connectivity index (χ2n) is 2.37. The van der Waals surface area contributed by atoms with Crippen molar-refractivity contribution in [2.24, 2.45) is 10.7 Å². The molecule has 76 valence electrons. The first-order chi connectivity index (χ1) is 6.54. The highest BCUT2D eigenvalue weighted by Crippen LogP contribution is 2.23. The molecular formula is C8H7F3N2S. The Morgan fingerprint density at radius 2 is 1.79 bits per heavy atom. The number of thioether (sulfide) groups is 1. The Bertz CT molecular complexity index is 356. The summed E-state index contributed by atoms with van der Waals surface area (Å²) in [5, 5.41) is 0.00871. The molecule has 0 amide bonds. The molecule has 0 aliphatic heterocycles. The molecule has 1 aromatic carbocycles. The van der Waals surface area contributed by atoms with Gasteiger partial charge in [-0.2, -0.15) is 0 Å². The molecule has 1 aromatic rings. The van der Waals surface area contributed by atoms with Gasteiger partial charge in [0.15, 0.2) is 16.8 Å². The van der Waals surface area contributed by atoms with Crippen molar-refractivity contribution in [3.63, 3.8) is 0 Å². The second-order valence-corrected chi connectivity index (χ2v) is 3.20. The molecule has 2 nitrogen and oxygen atoms in total. The maximum absolute atomic E-state index is 13.0. The lowest BCUT2D eigenvalue weighted by Crippen LogP contribution is -2.05. The van der Waals surface area contributed by atoms with Crippen LogP contribution in [0, 0.1) is 17.5 Å². The number of amidine groups is 1. The van der Waals surface area contributed by atoms with Gasteiger partial charge in [0.25, 0.3) is 0 Å². The number of benzene rings is 1. The van der Waals surface area contributed by atoms with E-state index in [1.54, 1.807) is 6.26 Å². The number of hydrogen-bond donors (Lipinski definition) is 1. The van der Waals surface area contributed by atoms with E-state index >= 15 is 0 Å². The zero-order chi connectivity index (χ0) is 10.7. The van der Waals surface area contributed by atoms with E-state index in [0.29, 0.717) is 12.1 Å². The van der Waals surface area contributed by atoms with Gasteiger partial charge in [0.1, 0.15) is 11.5 Å². The summed E-state index contributed by atoms with van der Waals surface area (Å²) in [6.45, 7) is 0. The standard InChI is InChI=1S/C8H7F3N2S/c1-14-8(12)13-7-5(10)2-4(9)3-6(7)11/h2-3H,1H3,(H2,12,13). The molecule has 0 saturated carbocycles. The van der Waals surface area contributed by atoms with Crippen LogP contribution in [0.5, 0.6) is 0 Å². The van der Waals surface area contributed by atoms with Gasteiger partial charge in [-0.25, -0.2) is 18.2 Å². The molecule has 0 aliphatic rings. The molecule has 0 fully saturated rings. The molecule has 0 unspecified atom stereocenters. The van der Waals surface area contributed by atoms with Crippen molar-refractivity contribution in [3.05, 3.63) is 29.6 Å². The smallest absolute Gasteiger partial charge is 0.159 e. The van der Waals surface area contributed by atoms with Crippen molar-refractivity contribution in [2.75, 3.05) is 6.26 Å². The van der Waals surface area contributed by atoms with Crippen molar-refractivity contribution < 1.29 is 13.2 Å². The van der Waals surface area contributed by atoms with Crippen LogP contribution in [0.3, 0.4) is 0 Å². The fourth-order valence-electron chi connectivity index (χ4n) is 0.797. The number of aliphatic imine (C=N–C) groups is 1. The van der Waals surface area contributed by atoms with E-state index in [1.807, 2.05) is 0 Å². The monoisotopic (exact) mass is 220 g/mol. The van der Waals surface area contributed by atoms with Gasteiger partial charge < -0.3 is 5.73 Å². The van der Waals surface area contributed by atoms with Crippen LogP contribution in [0.15, 0.2) is 17.1 Å². The Labute approximate surface area is 83.0 Å². The molecule has 0 atom stereocenters. The van der Waals surface area contributed by atoms with Gasteiger partial charge in [0.2, 0.25) is 0 Å². The highest BCUT2D eigenvalue weighted by atomic mass is 32.2. The summed E-state index contributed by atoms with van der Waals surface area (Å²) in [5.41, 5.74) is 4.70. The highest BCUT2D eigenvalue weighted by molar-refractivity contribution is 8.13. The van der Waals surface area contributed by atoms with E-state index in [4.69, 9.17) is 5.73 Å². The summed E-state index contributed by atoms with van der Waals surface area (Å²) >= 11 is 1.04. The summed E-state index contributed by atoms with van der Waals surface area (Å²) in [7, 11) is 0. The number of rotatable bonds is 1. The molecule has 0 radical (unpaired) electrons. The van der Waals surface area contributed by atoms with E-state index in [-0.39, 0.29) is 5.17 Å². The fraction of sp³-hybridized carbons (Fsp3) is 0.125. The third-order valence-electron chi connectivity index (χ3n) is 1.41. The van der Waals surface area contributed by atoms with Crippen LogP contribution in [0.2, 0.25) is 0 Å². The van der Waals surface area contributed by atoms with Crippen molar-refractivity contribution in [1.29, 1.82) is 0 Å². The molecular weight excluding hydrogens is 213 g/mol. The first-order valence-corrected chi connectivity index (χ1v) is 4.79. The molecule has 2 N–H and O–H groups in total. The topological polar surface area (TPSA) is 38.4 Å². The van der Waals surface area contributed by atoms with Crippen molar-refractivity contribution >= 4 is 22.6 Å². The zero-order valence-corrected chi connectivity index (χ0v) is 8.04. The van der Waals surface area contributed by atoms with E-state index in [1.165, 1.54) is 0 Å². The van der Waals surface area contributed by atoms with Crippen LogP contribution in [-0.4, -0.2) is 11.4 Å².